The fraction of sp³-hybridized carbons (Fsp3) is 0.778. The molecule has 0 radical (unpaired) electrons. The highest BCUT2D eigenvalue weighted by Gasteiger charge is 2.22. The number of amides is 2. The molecule has 0 aromatic rings. The van der Waals surface area contributed by atoms with Crippen LogP contribution in [-0.4, -0.2) is 30.9 Å². The predicted molar refractivity (Wildman–Crippen MR) is 52.5 cm³/mol. The van der Waals surface area contributed by atoms with Gasteiger partial charge < -0.3 is 16.4 Å². The van der Waals surface area contributed by atoms with E-state index in [9.17, 15) is 9.59 Å². The first-order valence-electron chi connectivity index (χ1n) is 4.97. The van der Waals surface area contributed by atoms with Crippen molar-refractivity contribution in [1.29, 1.82) is 0 Å². The van der Waals surface area contributed by atoms with Crippen molar-refractivity contribution in [2.45, 2.75) is 31.7 Å². The number of carbonyl (C=O) groups excluding carboxylic acids is 2. The number of nitrogens with one attached hydrogen (secondary N) is 2. The minimum absolute atomic E-state index is 0.0339. The molecule has 5 nitrogen and oxygen atoms in total. The molecule has 1 fully saturated rings. The van der Waals surface area contributed by atoms with E-state index < -0.39 is 0 Å². The van der Waals surface area contributed by atoms with E-state index in [-0.39, 0.29) is 11.8 Å². The van der Waals surface area contributed by atoms with Crippen LogP contribution < -0.4 is 16.4 Å². The molecule has 1 aliphatic rings. The summed E-state index contributed by atoms with van der Waals surface area (Å²) in [6.07, 6.45) is 3.27. The fourth-order valence-corrected chi connectivity index (χ4v) is 1.10. The molecule has 0 atom stereocenters. The summed E-state index contributed by atoms with van der Waals surface area (Å²) in [4.78, 5) is 21.5. The average Bonchev–Trinajstić information content (AvgIpc) is 2.87. The first kappa shape index (κ1) is 11.0. The molecule has 0 heterocycles. The quantitative estimate of drug-likeness (QED) is 0.465. The van der Waals surface area contributed by atoms with Gasteiger partial charge in [0.15, 0.2) is 0 Å². The normalized spacial score (nSPS) is 15.1. The van der Waals surface area contributed by atoms with Crippen LogP contribution >= 0.6 is 0 Å². The molecule has 80 valence electrons. The Morgan fingerprint density at radius 2 is 2.07 bits per heavy atom. The summed E-state index contributed by atoms with van der Waals surface area (Å²) >= 11 is 0. The van der Waals surface area contributed by atoms with E-state index >= 15 is 0 Å². The third kappa shape index (κ3) is 5.53. The van der Waals surface area contributed by atoms with Crippen molar-refractivity contribution in [2.75, 3.05) is 13.1 Å². The molecule has 0 unspecified atom stereocenters. The van der Waals surface area contributed by atoms with E-state index in [4.69, 9.17) is 5.73 Å². The second-order valence-corrected chi connectivity index (χ2v) is 3.59. The van der Waals surface area contributed by atoms with Crippen LogP contribution in [0.1, 0.15) is 25.7 Å². The van der Waals surface area contributed by atoms with Crippen molar-refractivity contribution in [3.63, 3.8) is 0 Å². The zero-order valence-corrected chi connectivity index (χ0v) is 8.21. The van der Waals surface area contributed by atoms with Crippen molar-refractivity contribution in [2.24, 2.45) is 5.73 Å². The van der Waals surface area contributed by atoms with Gasteiger partial charge in [-0.15, -0.1) is 0 Å². The average molecular weight is 199 g/mol. The number of nitrogens with two attached hydrogens (primary N) is 1. The Balaban J connectivity index is 1.87. The third-order valence-electron chi connectivity index (χ3n) is 2.00. The molecule has 1 aliphatic carbocycles. The smallest absolute Gasteiger partial charge is 0.234 e. The van der Waals surface area contributed by atoms with Crippen molar-refractivity contribution >= 4 is 11.8 Å². The van der Waals surface area contributed by atoms with Crippen LogP contribution in [0.3, 0.4) is 0 Å². The molecule has 1 saturated carbocycles. The fourth-order valence-electron chi connectivity index (χ4n) is 1.10. The van der Waals surface area contributed by atoms with Gasteiger partial charge in [0.05, 0.1) is 6.54 Å². The van der Waals surface area contributed by atoms with E-state index in [1.54, 1.807) is 0 Å². The lowest BCUT2D eigenvalue weighted by atomic mass is 10.3. The van der Waals surface area contributed by atoms with Crippen LogP contribution in [0.5, 0.6) is 0 Å². The van der Waals surface area contributed by atoms with E-state index in [0.29, 0.717) is 32.0 Å². The highest BCUT2D eigenvalue weighted by Crippen LogP contribution is 2.17. The second-order valence-electron chi connectivity index (χ2n) is 3.59. The topological polar surface area (TPSA) is 84.2 Å². The summed E-state index contributed by atoms with van der Waals surface area (Å²) < 4.78 is 0. The standard InChI is InChI=1S/C9H17N3O2/c10-8(13)2-1-5-11-6-9(14)12-7-3-4-7/h7,11H,1-6H2,(H2,10,13)(H,12,14). The predicted octanol–water partition coefficient (Wildman–Crippen LogP) is -0.880. The molecule has 0 saturated heterocycles. The molecule has 0 spiro atoms. The number of hydrogen-bond donors (Lipinski definition) is 3. The van der Waals surface area contributed by atoms with Crippen LogP contribution in [0, 0.1) is 0 Å². The Morgan fingerprint density at radius 3 is 2.64 bits per heavy atom. The van der Waals surface area contributed by atoms with Crippen LogP contribution in [0.4, 0.5) is 0 Å². The van der Waals surface area contributed by atoms with Crippen molar-refractivity contribution in [3.05, 3.63) is 0 Å². The Labute approximate surface area is 83.4 Å². The largest absolute Gasteiger partial charge is 0.370 e. The first-order chi connectivity index (χ1) is 6.68. The highest BCUT2D eigenvalue weighted by molar-refractivity contribution is 5.78. The minimum Gasteiger partial charge on any atom is -0.370 e. The maximum atomic E-state index is 11.1. The lowest BCUT2D eigenvalue weighted by Gasteiger charge is -2.04. The number of carbonyl (C=O) groups is 2. The van der Waals surface area contributed by atoms with Crippen molar-refractivity contribution in [3.8, 4) is 0 Å². The summed E-state index contributed by atoms with van der Waals surface area (Å²) in [6, 6.07) is 0.412. The molecule has 2 amide bonds. The van der Waals surface area contributed by atoms with Gasteiger partial charge in [-0.1, -0.05) is 0 Å². The van der Waals surface area contributed by atoms with Gasteiger partial charge in [-0.05, 0) is 25.8 Å². The molecule has 14 heavy (non-hydrogen) atoms. The molecule has 0 bridgehead atoms. The Hall–Kier alpha value is -1.10. The molecule has 0 aliphatic heterocycles. The summed E-state index contributed by atoms with van der Waals surface area (Å²) in [5.41, 5.74) is 4.96. The monoisotopic (exact) mass is 199 g/mol. The molecule has 0 aromatic heterocycles. The van der Waals surface area contributed by atoms with Gasteiger partial charge >= 0.3 is 0 Å². The maximum Gasteiger partial charge on any atom is 0.234 e. The lowest BCUT2D eigenvalue weighted by molar-refractivity contribution is -0.120. The van der Waals surface area contributed by atoms with Crippen LogP contribution in [-0.2, 0) is 9.59 Å². The van der Waals surface area contributed by atoms with Gasteiger partial charge in [0.1, 0.15) is 0 Å². The molecular formula is C9H17N3O2. The van der Waals surface area contributed by atoms with E-state index in [1.165, 1.54) is 0 Å². The molecule has 1 rings (SSSR count). The Kier molecular flexibility index (Phi) is 4.39. The van der Waals surface area contributed by atoms with Gasteiger partial charge in [0.2, 0.25) is 11.8 Å². The van der Waals surface area contributed by atoms with Gasteiger partial charge in [-0.3, -0.25) is 9.59 Å². The molecule has 4 N–H and O–H groups in total. The van der Waals surface area contributed by atoms with Crippen LogP contribution in [0.2, 0.25) is 0 Å². The summed E-state index contributed by atoms with van der Waals surface area (Å²) in [6.45, 7) is 0.982. The van der Waals surface area contributed by atoms with Gasteiger partial charge in [-0.25, -0.2) is 0 Å². The summed E-state index contributed by atoms with van der Waals surface area (Å²) in [5.74, 6) is -0.263. The van der Waals surface area contributed by atoms with Gasteiger partial charge in [0, 0.05) is 12.5 Å². The number of primary amides is 1. The lowest BCUT2D eigenvalue weighted by Crippen LogP contribution is -2.35. The number of hydrogen-bond acceptors (Lipinski definition) is 3. The molecule has 5 heteroatoms. The van der Waals surface area contributed by atoms with Crippen LogP contribution in [0.25, 0.3) is 0 Å². The highest BCUT2D eigenvalue weighted by atomic mass is 16.2. The van der Waals surface area contributed by atoms with Gasteiger partial charge in [-0.2, -0.15) is 0 Å². The maximum absolute atomic E-state index is 11.1. The van der Waals surface area contributed by atoms with Gasteiger partial charge in [0.25, 0.3) is 0 Å². The second kappa shape index (κ2) is 5.59. The SMILES string of the molecule is NC(=O)CCCNCC(=O)NC1CC1. The Morgan fingerprint density at radius 1 is 1.36 bits per heavy atom. The van der Waals surface area contributed by atoms with E-state index in [0.717, 1.165) is 12.8 Å². The summed E-state index contributed by atoms with van der Waals surface area (Å²) in [7, 11) is 0. The van der Waals surface area contributed by atoms with E-state index in [1.807, 2.05) is 0 Å². The van der Waals surface area contributed by atoms with Crippen LogP contribution in [0.15, 0.2) is 0 Å². The minimum atomic E-state index is -0.297. The molecule has 0 aromatic carbocycles. The molecular weight excluding hydrogens is 182 g/mol. The number of rotatable bonds is 7. The Bertz CT molecular complexity index is 214. The van der Waals surface area contributed by atoms with Crippen molar-refractivity contribution < 1.29 is 9.59 Å². The first-order valence-corrected chi connectivity index (χ1v) is 4.97. The summed E-state index contributed by atoms with van der Waals surface area (Å²) in [5, 5.41) is 5.81. The third-order valence-corrected chi connectivity index (χ3v) is 2.00. The van der Waals surface area contributed by atoms with Crippen molar-refractivity contribution in [1.82, 2.24) is 10.6 Å². The zero-order valence-electron chi connectivity index (χ0n) is 8.21. The zero-order chi connectivity index (χ0) is 10.4. The van der Waals surface area contributed by atoms with E-state index in [2.05, 4.69) is 10.6 Å².